The van der Waals surface area contributed by atoms with E-state index in [-0.39, 0.29) is 23.2 Å². The van der Waals surface area contributed by atoms with Gasteiger partial charge in [0.05, 0.1) is 17.4 Å². The largest absolute Gasteiger partial charge is 0.472 e. The molecule has 2 aromatic rings. The quantitative estimate of drug-likeness (QED) is 0.882. The summed E-state index contributed by atoms with van der Waals surface area (Å²) in [5, 5.41) is 4.67. The smallest absolute Gasteiger partial charge is 0.265 e. The van der Waals surface area contributed by atoms with E-state index in [0.29, 0.717) is 10.6 Å². The molecule has 3 heterocycles. The number of carbonyl (C=O) groups excluding carboxylic acids is 2. The van der Waals surface area contributed by atoms with Crippen molar-refractivity contribution in [3.8, 4) is 0 Å². The van der Waals surface area contributed by atoms with Gasteiger partial charge in [-0.2, -0.15) is 0 Å². The third-order valence-corrected chi connectivity index (χ3v) is 6.28. The molecule has 1 N–H and O–H groups in total. The molecule has 0 radical (unpaired) electrons. The normalized spacial score (nSPS) is 21.7. The van der Waals surface area contributed by atoms with Crippen molar-refractivity contribution in [2.24, 2.45) is 0 Å². The van der Waals surface area contributed by atoms with E-state index >= 15 is 0 Å². The van der Waals surface area contributed by atoms with Crippen LogP contribution in [0.4, 0.5) is 0 Å². The molecule has 3 atom stereocenters. The number of rotatable bonds is 5. The first kappa shape index (κ1) is 17.1. The van der Waals surface area contributed by atoms with E-state index in [1.165, 1.54) is 11.3 Å². The van der Waals surface area contributed by atoms with Crippen LogP contribution in [-0.4, -0.2) is 34.6 Å². The summed E-state index contributed by atoms with van der Waals surface area (Å²) >= 11 is 2.99. The minimum absolute atomic E-state index is 0.0900. The number of nitrogens with one attached hydrogen (secondary N) is 1. The van der Waals surface area contributed by atoms with Gasteiger partial charge >= 0.3 is 0 Å². The second kappa shape index (κ2) is 7.44. The van der Waals surface area contributed by atoms with Crippen LogP contribution >= 0.6 is 23.1 Å². The highest BCUT2D eigenvalue weighted by Gasteiger charge is 2.43. The third kappa shape index (κ3) is 3.37. The molecule has 0 saturated carbocycles. The van der Waals surface area contributed by atoms with Crippen molar-refractivity contribution in [3.63, 3.8) is 0 Å². The highest BCUT2D eigenvalue weighted by atomic mass is 32.2. The van der Waals surface area contributed by atoms with Crippen LogP contribution in [0.25, 0.3) is 0 Å². The molecule has 1 aliphatic rings. The fourth-order valence-corrected chi connectivity index (χ4v) is 4.67. The molecular weight excluding hydrogens is 344 g/mol. The molecule has 1 aliphatic heterocycles. The first-order valence-electron chi connectivity index (χ1n) is 7.92. The number of furan rings is 1. The van der Waals surface area contributed by atoms with Gasteiger partial charge in [-0.3, -0.25) is 9.59 Å². The summed E-state index contributed by atoms with van der Waals surface area (Å²) in [7, 11) is 0. The SMILES string of the molecule is CCC(C)NC(=O)C1CSC(c2ccoc2)N1C(=O)c1cccs1. The van der Waals surface area contributed by atoms with E-state index in [1.54, 1.807) is 35.3 Å². The number of amides is 2. The average molecular weight is 364 g/mol. The Morgan fingerprint density at radius 2 is 2.29 bits per heavy atom. The number of hydrogen-bond donors (Lipinski definition) is 1. The van der Waals surface area contributed by atoms with Crippen LogP contribution in [0.5, 0.6) is 0 Å². The van der Waals surface area contributed by atoms with Crippen LogP contribution in [-0.2, 0) is 4.79 Å². The maximum Gasteiger partial charge on any atom is 0.265 e. The summed E-state index contributed by atoms with van der Waals surface area (Å²) in [6.45, 7) is 4.00. The van der Waals surface area contributed by atoms with Gasteiger partial charge in [0, 0.05) is 17.4 Å². The molecule has 3 unspecified atom stereocenters. The van der Waals surface area contributed by atoms with Crippen LogP contribution in [0, 0.1) is 0 Å². The first-order chi connectivity index (χ1) is 11.6. The summed E-state index contributed by atoms with van der Waals surface area (Å²) in [5.74, 6) is 0.383. The van der Waals surface area contributed by atoms with Crippen molar-refractivity contribution in [3.05, 3.63) is 46.5 Å². The van der Waals surface area contributed by atoms with Crippen LogP contribution in [0.2, 0.25) is 0 Å². The zero-order valence-electron chi connectivity index (χ0n) is 13.6. The van der Waals surface area contributed by atoms with E-state index in [0.717, 1.165) is 12.0 Å². The van der Waals surface area contributed by atoms with Crippen molar-refractivity contribution in [1.82, 2.24) is 10.2 Å². The Labute approximate surface area is 149 Å². The molecular formula is C17H20N2O3S2. The van der Waals surface area contributed by atoms with Gasteiger partial charge in [-0.25, -0.2) is 0 Å². The highest BCUT2D eigenvalue weighted by molar-refractivity contribution is 7.99. The zero-order chi connectivity index (χ0) is 17.1. The third-order valence-electron chi connectivity index (χ3n) is 4.10. The maximum absolute atomic E-state index is 13.0. The van der Waals surface area contributed by atoms with Crippen LogP contribution in [0.15, 0.2) is 40.5 Å². The number of nitrogens with zero attached hydrogens (tertiary/aromatic N) is 1. The first-order valence-corrected chi connectivity index (χ1v) is 9.85. The average Bonchev–Trinajstić information content (AvgIpc) is 3.34. The van der Waals surface area contributed by atoms with E-state index in [2.05, 4.69) is 5.32 Å². The summed E-state index contributed by atoms with van der Waals surface area (Å²) in [6, 6.07) is 5.11. The topological polar surface area (TPSA) is 62.6 Å². The fraction of sp³-hybridized carbons (Fsp3) is 0.412. The molecule has 5 nitrogen and oxygen atoms in total. The Morgan fingerprint density at radius 1 is 1.46 bits per heavy atom. The van der Waals surface area contributed by atoms with Crippen molar-refractivity contribution in [2.75, 3.05) is 5.75 Å². The lowest BCUT2D eigenvalue weighted by atomic mass is 10.2. The van der Waals surface area contributed by atoms with Gasteiger partial charge in [0.1, 0.15) is 11.4 Å². The van der Waals surface area contributed by atoms with Crippen LogP contribution in [0.3, 0.4) is 0 Å². The maximum atomic E-state index is 13.0. The van der Waals surface area contributed by atoms with E-state index < -0.39 is 6.04 Å². The Morgan fingerprint density at radius 3 is 2.92 bits per heavy atom. The Hall–Kier alpha value is -1.73. The summed E-state index contributed by atoms with van der Waals surface area (Å²) in [4.78, 5) is 28.0. The van der Waals surface area contributed by atoms with Crippen molar-refractivity contribution in [1.29, 1.82) is 0 Å². The number of carbonyl (C=O) groups is 2. The molecule has 0 aliphatic carbocycles. The van der Waals surface area contributed by atoms with Gasteiger partial charge in [-0.1, -0.05) is 13.0 Å². The predicted octanol–water partition coefficient (Wildman–Crippen LogP) is 3.51. The lowest BCUT2D eigenvalue weighted by Crippen LogP contribution is -2.49. The summed E-state index contributed by atoms with van der Waals surface area (Å²) in [6.07, 6.45) is 4.09. The summed E-state index contributed by atoms with van der Waals surface area (Å²) < 4.78 is 5.17. The predicted molar refractivity (Wildman–Crippen MR) is 96.1 cm³/mol. The molecule has 3 rings (SSSR count). The van der Waals surface area contributed by atoms with Crippen LogP contribution < -0.4 is 5.32 Å². The van der Waals surface area contributed by atoms with E-state index in [1.807, 2.05) is 31.4 Å². The Balaban J connectivity index is 1.88. The van der Waals surface area contributed by atoms with Crippen molar-refractivity contribution < 1.29 is 14.0 Å². The molecule has 1 saturated heterocycles. The standard InChI is InChI=1S/C17H20N2O3S2/c1-3-11(2)18-15(20)13-10-24-17(12-6-7-22-9-12)19(13)16(21)14-5-4-8-23-14/h4-9,11,13,17H,3,10H2,1-2H3,(H,18,20). The van der Waals surface area contributed by atoms with Crippen molar-refractivity contribution in [2.45, 2.75) is 37.7 Å². The minimum Gasteiger partial charge on any atom is -0.472 e. The van der Waals surface area contributed by atoms with Crippen LogP contribution in [0.1, 0.15) is 40.9 Å². The molecule has 2 aromatic heterocycles. The molecule has 0 spiro atoms. The molecule has 7 heteroatoms. The molecule has 0 bridgehead atoms. The number of thiophene rings is 1. The minimum atomic E-state index is -0.474. The molecule has 0 aromatic carbocycles. The van der Waals surface area contributed by atoms with E-state index in [9.17, 15) is 9.59 Å². The fourth-order valence-electron chi connectivity index (χ4n) is 2.60. The number of thioether (sulfide) groups is 1. The van der Waals surface area contributed by atoms with Gasteiger partial charge < -0.3 is 14.6 Å². The molecule has 1 fully saturated rings. The molecule has 2 amide bonds. The zero-order valence-corrected chi connectivity index (χ0v) is 15.2. The second-order valence-electron chi connectivity index (χ2n) is 5.77. The highest BCUT2D eigenvalue weighted by Crippen LogP contribution is 2.42. The second-order valence-corrected chi connectivity index (χ2v) is 7.83. The lowest BCUT2D eigenvalue weighted by molar-refractivity contribution is -0.125. The van der Waals surface area contributed by atoms with Gasteiger partial charge in [-0.15, -0.1) is 23.1 Å². The monoisotopic (exact) mass is 364 g/mol. The molecule has 24 heavy (non-hydrogen) atoms. The Bertz CT molecular complexity index is 685. The van der Waals surface area contributed by atoms with Gasteiger partial charge in [0.25, 0.3) is 5.91 Å². The van der Waals surface area contributed by atoms with Crippen molar-refractivity contribution >= 4 is 34.9 Å². The lowest BCUT2D eigenvalue weighted by Gasteiger charge is -2.28. The molecule has 128 valence electrons. The Kier molecular flexibility index (Phi) is 5.30. The number of hydrogen-bond acceptors (Lipinski definition) is 5. The van der Waals surface area contributed by atoms with Gasteiger partial charge in [-0.05, 0) is 30.9 Å². The van der Waals surface area contributed by atoms with Gasteiger partial charge in [0.2, 0.25) is 5.91 Å². The van der Waals surface area contributed by atoms with Gasteiger partial charge in [0.15, 0.2) is 0 Å². The van der Waals surface area contributed by atoms with E-state index in [4.69, 9.17) is 4.42 Å². The summed E-state index contributed by atoms with van der Waals surface area (Å²) in [5.41, 5.74) is 0.906.